The van der Waals surface area contributed by atoms with Crippen LogP contribution in [0.5, 0.6) is 5.75 Å². The predicted octanol–water partition coefficient (Wildman–Crippen LogP) is 3.86. The van der Waals surface area contributed by atoms with Crippen molar-refractivity contribution in [1.29, 1.82) is 0 Å². The van der Waals surface area contributed by atoms with E-state index >= 15 is 0 Å². The van der Waals surface area contributed by atoms with Crippen LogP contribution < -0.4 is 15.0 Å². The average Bonchev–Trinajstić information content (AvgIpc) is 2.57. The van der Waals surface area contributed by atoms with Gasteiger partial charge in [0.05, 0.1) is 5.69 Å². The van der Waals surface area contributed by atoms with Crippen LogP contribution in [0, 0.1) is 0 Å². The third-order valence-electron chi connectivity index (χ3n) is 3.66. The van der Waals surface area contributed by atoms with Crippen LogP contribution in [0.1, 0.15) is 5.56 Å². The fourth-order valence-electron chi connectivity index (χ4n) is 2.48. The lowest BCUT2D eigenvalue weighted by molar-refractivity contribution is -0.121. The van der Waals surface area contributed by atoms with Crippen molar-refractivity contribution >= 4 is 28.9 Å². The van der Waals surface area contributed by atoms with Crippen molar-refractivity contribution in [1.82, 2.24) is 0 Å². The number of amides is 1. The second-order valence-electron chi connectivity index (χ2n) is 5.21. The van der Waals surface area contributed by atoms with Crippen LogP contribution in [0.15, 0.2) is 55.1 Å². The summed E-state index contributed by atoms with van der Waals surface area (Å²) in [6, 6.07) is 13.4. The summed E-state index contributed by atoms with van der Waals surface area (Å²) in [7, 11) is 0. The molecule has 1 N–H and O–H groups in total. The van der Waals surface area contributed by atoms with Gasteiger partial charge in [-0.2, -0.15) is 0 Å². The monoisotopic (exact) mass is 328 g/mol. The molecule has 0 spiro atoms. The van der Waals surface area contributed by atoms with Crippen molar-refractivity contribution in [3.05, 3.63) is 65.7 Å². The van der Waals surface area contributed by atoms with E-state index in [4.69, 9.17) is 16.3 Å². The Morgan fingerprint density at radius 2 is 2.13 bits per heavy atom. The van der Waals surface area contributed by atoms with Crippen molar-refractivity contribution < 1.29 is 9.53 Å². The van der Waals surface area contributed by atoms with Gasteiger partial charge in [-0.05, 0) is 23.8 Å². The van der Waals surface area contributed by atoms with Crippen molar-refractivity contribution in [2.45, 2.75) is 6.54 Å². The molecular formula is C18H17ClN2O2. The van der Waals surface area contributed by atoms with E-state index in [1.807, 2.05) is 42.5 Å². The minimum Gasteiger partial charge on any atom is -0.481 e. The molecule has 3 rings (SSSR count). The molecule has 0 bridgehead atoms. The Morgan fingerprint density at radius 3 is 2.91 bits per heavy atom. The Bertz CT molecular complexity index is 746. The van der Waals surface area contributed by atoms with Crippen LogP contribution in [0.4, 0.5) is 11.4 Å². The zero-order valence-electron chi connectivity index (χ0n) is 12.6. The summed E-state index contributed by atoms with van der Waals surface area (Å²) in [5, 5.41) is 4.06. The van der Waals surface area contributed by atoms with Gasteiger partial charge in [-0.3, -0.25) is 4.79 Å². The van der Waals surface area contributed by atoms with E-state index in [-0.39, 0.29) is 12.5 Å². The lowest BCUT2D eigenvalue weighted by Crippen LogP contribution is -2.38. The van der Waals surface area contributed by atoms with Crippen LogP contribution in [0.3, 0.4) is 0 Å². The number of hydrogen-bond donors (Lipinski definition) is 1. The van der Waals surface area contributed by atoms with Gasteiger partial charge in [0.15, 0.2) is 6.61 Å². The summed E-state index contributed by atoms with van der Waals surface area (Å²) >= 11 is 6.16. The van der Waals surface area contributed by atoms with Gasteiger partial charge >= 0.3 is 0 Å². The summed E-state index contributed by atoms with van der Waals surface area (Å²) in [6.45, 7) is 4.83. The fraction of sp³-hybridized carbons (Fsp3) is 0.167. The minimum atomic E-state index is -0.0609. The Morgan fingerprint density at radius 1 is 1.30 bits per heavy atom. The maximum absolute atomic E-state index is 11.9. The molecule has 0 saturated heterocycles. The van der Waals surface area contributed by atoms with E-state index in [1.165, 1.54) is 0 Å². The number of nitrogens with zero attached hydrogens (tertiary/aromatic N) is 1. The smallest absolute Gasteiger partial charge is 0.265 e. The third kappa shape index (κ3) is 3.32. The summed E-state index contributed by atoms with van der Waals surface area (Å²) in [4.78, 5) is 13.6. The number of fused-ring (bicyclic) bond motifs is 1. The van der Waals surface area contributed by atoms with Crippen molar-refractivity contribution in [2.75, 3.05) is 23.4 Å². The minimum absolute atomic E-state index is 0.0504. The van der Waals surface area contributed by atoms with E-state index in [2.05, 4.69) is 11.9 Å². The normalized spacial score (nSPS) is 13.3. The van der Waals surface area contributed by atoms with Gasteiger partial charge in [0.25, 0.3) is 5.91 Å². The van der Waals surface area contributed by atoms with Gasteiger partial charge in [-0.25, -0.2) is 0 Å². The first-order valence-corrected chi connectivity index (χ1v) is 7.72. The predicted molar refractivity (Wildman–Crippen MR) is 93.3 cm³/mol. The molecule has 1 amide bonds. The molecule has 0 atom stereocenters. The highest BCUT2D eigenvalue weighted by atomic mass is 35.5. The van der Waals surface area contributed by atoms with Crippen LogP contribution in [-0.4, -0.2) is 19.1 Å². The van der Waals surface area contributed by atoms with E-state index in [9.17, 15) is 4.79 Å². The zero-order chi connectivity index (χ0) is 16.2. The number of carbonyl (C=O) groups is 1. The molecule has 23 heavy (non-hydrogen) atoms. The maximum Gasteiger partial charge on any atom is 0.265 e. The number of ether oxygens (including phenoxy) is 1. The van der Waals surface area contributed by atoms with Gasteiger partial charge < -0.3 is 15.0 Å². The van der Waals surface area contributed by atoms with Crippen molar-refractivity contribution in [3.63, 3.8) is 0 Å². The number of benzene rings is 2. The first-order valence-electron chi connectivity index (χ1n) is 7.34. The molecule has 0 unspecified atom stereocenters. The Labute approximate surface area is 140 Å². The highest BCUT2D eigenvalue weighted by Gasteiger charge is 2.24. The highest BCUT2D eigenvalue weighted by Crippen LogP contribution is 2.34. The molecule has 1 heterocycles. The Kier molecular flexibility index (Phi) is 4.53. The Balaban J connectivity index is 1.77. The number of halogens is 1. The SMILES string of the molecule is C=CCN1C(=O)COc2cc(NCc3ccccc3Cl)ccc21. The van der Waals surface area contributed by atoms with Gasteiger partial charge in [-0.1, -0.05) is 35.9 Å². The molecule has 4 nitrogen and oxygen atoms in total. The zero-order valence-corrected chi connectivity index (χ0v) is 13.3. The van der Waals surface area contributed by atoms with Gasteiger partial charge in [0, 0.05) is 29.9 Å². The van der Waals surface area contributed by atoms with Crippen LogP contribution in [0.2, 0.25) is 5.02 Å². The van der Waals surface area contributed by atoms with E-state index in [1.54, 1.807) is 11.0 Å². The topological polar surface area (TPSA) is 41.6 Å². The molecule has 0 saturated carbocycles. The Hall–Kier alpha value is -2.46. The molecule has 0 aromatic heterocycles. The van der Waals surface area contributed by atoms with Gasteiger partial charge in [0.2, 0.25) is 0 Å². The molecule has 0 aliphatic carbocycles. The molecule has 0 radical (unpaired) electrons. The number of hydrogen-bond acceptors (Lipinski definition) is 3. The van der Waals surface area contributed by atoms with E-state index < -0.39 is 0 Å². The van der Waals surface area contributed by atoms with Crippen molar-refractivity contribution in [2.24, 2.45) is 0 Å². The fourth-order valence-corrected chi connectivity index (χ4v) is 2.69. The third-order valence-corrected chi connectivity index (χ3v) is 4.02. The van der Waals surface area contributed by atoms with Gasteiger partial charge in [-0.15, -0.1) is 6.58 Å². The van der Waals surface area contributed by atoms with Crippen LogP contribution in [-0.2, 0) is 11.3 Å². The van der Waals surface area contributed by atoms with E-state index in [0.717, 1.165) is 22.0 Å². The second-order valence-corrected chi connectivity index (χ2v) is 5.62. The molecule has 118 valence electrons. The molecule has 1 aliphatic heterocycles. The van der Waals surface area contributed by atoms with E-state index in [0.29, 0.717) is 18.8 Å². The lowest BCUT2D eigenvalue weighted by Gasteiger charge is -2.28. The van der Waals surface area contributed by atoms with Crippen LogP contribution >= 0.6 is 11.6 Å². The first-order chi connectivity index (χ1) is 11.2. The summed E-state index contributed by atoms with van der Waals surface area (Å²) in [5.41, 5.74) is 2.71. The van der Waals surface area contributed by atoms with Crippen molar-refractivity contribution in [3.8, 4) is 5.75 Å². The average molecular weight is 329 g/mol. The quantitative estimate of drug-likeness (QED) is 0.847. The summed E-state index contributed by atoms with van der Waals surface area (Å²) in [6.07, 6.45) is 1.70. The molecule has 1 aliphatic rings. The highest BCUT2D eigenvalue weighted by molar-refractivity contribution is 6.31. The number of carbonyl (C=O) groups excluding carboxylic acids is 1. The second kappa shape index (κ2) is 6.75. The maximum atomic E-state index is 11.9. The molecule has 2 aromatic carbocycles. The largest absolute Gasteiger partial charge is 0.481 e. The molecule has 2 aromatic rings. The summed E-state index contributed by atoms with van der Waals surface area (Å²) in [5.74, 6) is 0.629. The summed E-state index contributed by atoms with van der Waals surface area (Å²) < 4.78 is 5.54. The standard InChI is InChI=1S/C18H17ClN2O2/c1-2-9-21-16-8-7-14(10-17(16)23-12-18(21)22)20-11-13-5-3-4-6-15(13)19/h2-8,10,20H,1,9,11-12H2. The number of nitrogens with one attached hydrogen (secondary N) is 1. The molecule has 0 fully saturated rings. The lowest BCUT2D eigenvalue weighted by atomic mass is 10.2. The molecule has 5 heteroatoms. The molecular weight excluding hydrogens is 312 g/mol. The number of anilines is 2. The number of rotatable bonds is 5. The van der Waals surface area contributed by atoms with Crippen LogP contribution in [0.25, 0.3) is 0 Å². The van der Waals surface area contributed by atoms with Gasteiger partial charge in [0.1, 0.15) is 5.75 Å². The first kappa shape index (κ1) is 15.4.